The number of rotatable bonds is 5. The predicted octanol–water partition coefficient (Wildman–Crippen LogP) is 4.51. The molecule has 1 heterocycles. The molecular formula is C19H17N3O2. The van der Waals surface area contributed by atoms with Crippen LogP contribution in [-0.2, 0) is 6.42 Å². The van der Waals surface area contributed by atoms with Crippen LogP contribution in [0.15, 0.2) is 60.8 Å². The number of para-hydroxylation sites is 1. The first-order chi connectivity index (χ1) is 11.7. The monoisotopic (exact) mass is 319 g/mol. The number of nitro groups is 1. The summed E-state index contributed by atoms with van der Waals surface area (Å²) in [6, 6.07) is 16.5. The molecule has 1 aromatic heterocycles. The molecular weight excluding hydrogens is 302 g/mol. The summed E-state index contributed by atoms with van der Waals surface area (Å²) in [6.07, 6.45) is 6.63. The minimum atomic E-state index is -0.396. The van der Waals surface area contributed by atoms with Gasteiger partial charge in [0.05, 0.1) is 22.5 Å². The molecule has 0 bridgehead atoms. The first-order valence-electron chi connectivity index (χ1n) is 7.74. The van der Waals surface area contributed by atoms with Gasteiger partial charge >= 0.3 is 0 Å². The van der Waals surface area contributed by atoms with Crippen molar-refractivity contribution in [2.75, 3.05) is 0 Å². The average Bonchev–Trinajstić information content (AvgIpc) is 3.04. The maximum atomic E-state index is 10.7. The van der Waals surface area contributed by atoms with E-state index in [1.54, 1.807) is 12.1 Å². The van der Waals surface area contributed by atoms with Gasteiger partial charge in [-0.15, -0.1) is 0 Å². The van der Waals surface area contributed by atoms with Gasteiger partial charge in [0.1, 0.15) is 0 Å². The summed E-state index contributed by atoms with van der Waals surface area (Å²) >= 11 is 0. The van der Waals surface area contributed by atoms with E-state index in [1.807, 2.05) is 53.4 Å². The number of hydrogen-bond acceptors (Lipinski definition) is 3. The maximum absolute atomic E-state index is 10.7. The minimum absolute atomic E-state index is 0.0956. The lowest BCUT2D eigenvalue weighted by Crippen LogP contribution is -2.01. The lowest BCUT2D eigenvalue weighted by atomic mass is 10.1. The smallest absolute Gasteiger partial charge is 0.258 e. The summed E-state index contributed by atoms with van der Waals surface area (Å²) in [5.74, 6) is 0. The van der Waals surface area contributed by atoms with Gasteiger partial charge in [-0.25, -0.2) is 4.68 Å². The highest BCUT2D eigenvalue weighted by atomic mass is 16.6. The molecule has 24 heavy (non-hydrogen) atoms. The van der Waals surface area contributed by atoms with E-state index in [4.69, 9.17) is 0 Å². The van der Waals surface area contributed by atoms with E-state index in [0.717, 1.165) is 28.9 Å². The van der Waals surface area contributed by atoms with Crippen LogP contribution in [0.4, 0.5) is 5.69 Å². The molecule has 2 aromatic carbocycles. The second-order valence-corrected chi connectivity index (χ2v) is 5.33. The molecule has 0 saturated carbocycles. The third kappa shape index (κ3) is 3.25. The van der Waals surface area contributed by atoms with E-state index in [-0.39, 0.29) is 5.69 Å². The van der Waals surface area contributed by atoms with Crippen LogP contribution < -0.4 is 0 Å². The van der Waals surface area contributed by atoms with E-state index < -0.39 is 4.92 Å². The predicted molar refractivity (Wildman–Crippen MR) is 95.0 cm³/mol. The van der Waals surface area contributed by atoms with Crippen LogP contribution in [0.2, 0.25) is 0 Å². The van der Waals surface area contributed by atoms with Crippen molar-refractivity contribution >= 4 is 17.8 Å². The lowest BCUT2D eigenvalue weighted by molar-refractivity contribution is -0.384. The summed E-state index contributed by atoms with van der Waals surface area (Å²) in [7, 11) is 0. The van der Waals surface area contributed by atoms with Crippen molar-refractivity contribution in [1.82, 2.24) is 9.78 Å². The van der Waals surface area contributed by atoms with Crippen LogP contribution in [0.25, 0.3) is 17.8 Å². The maximum Gasteiger partial charge on any atom is 0.269 e. The first kappa shape index (κ1) is 15.7. The van der Waals surface area contributed by atoms with Gasteiger partial charge in [0.2, 0.25) is 0 Å². The van der Waals surface area contributed by atoms with Crippen molar-refractivity contribution in [2.24, 2.45) is 0 Å². The van der Waals surface area contributed by atoms with Gasteiger partial charge in [0.15, 0.2) is 0 Å². The summed E-state index contributed by atoms with van der Waals surface area (Å²) in [5.41, 5.74) is 4.21. The quantitative estimate of drug-likeness (QED) is 0.513. The van der Waals surface area contributed by atoms with Crippen molar-refractivity contribution in [1.29, 1.82) is 0 Å². The molecule has 0 radical (unpaired) electrons. The fourth-order valence-corrected chi connectivity index (χ4v) is 2.56. The van der Waals surface area contributed by atoms with Gasteiger partial charge in [0, 0.05) is 17.7 Å². The van der Waals surface area contributed by atoms with Gasteiger partial charge in [-0.1, -0.05) is 37.3 Å². The number of hydrogen-bond donors (Lipinski definition) is 0. The number of non-ortho nitro benzene ring substituents is 1. The van der Waals surface area contributed by atoms with Crippen LogP contribution in [0.1, 0.15) is 23.7 Å². The molecule has 0 unspecified atom stereocenters. The van der Waals surface area contributed by atoms with Crippen LogP contribution >= 0.6 is 0 Å². The zero-order valence-electron chi connectivity index (χ0n) is 13.3. The highest BCUT2D eigenvalue weighted by Crippen LogP contribution is 2.19. The molecule has 0 spiro atoms. The third-order valence-corrected chi connectivity index (χ3v) is 3.80. The molecule has 0 atom stereocenters. The van der Waals surface area contributed by atoms with Crippen LogP contribution in [0, 0.1) is 10.1 Å². The largest absolute Gasteiger partial charge is 0.269 e. The Bertz CT molecular complexity index is 865. The molecule has 0 amide bonds. The second kappa shape index (κ2) is 6.91. The Morgan fingerprint density at radius 3 is 2.42 bits per heavy atom. The molecule has 0 saturated heterocycles. The van der Waals surface area contributed by atoms with E-state index in [2.05, 4.69) is 12.0 Å². The van der Waals surface area contributed by atoms with Crippen molar-refractivity contribution < 1.29 is 4.92 Å². The Kier molecular flexibility index (Phi) is 4.52. The zero-order chi connectivity index (χ0) is 16.9. The Morgan fingerprint density at radius 1 is 1.08 bits per heavy atom. The Balaban J connectivity index is 1.87. The minimum Gasteiger partial charge on any atom is -0.258 e. The normalized spacial score (nSPS) is 11.0. The fourth-order valence-electron chi connectivity index (χ4n) is 2.56. The SMILES string of the molecule is CCc1c(/C=C/c2ccc([N+](=O)[O-])cc2)cnn1-c1ccccc1. The topological polar surface area (TPSA) is 61.0 Å². The molecule has 0 aliphatic rings. The standard InChI is InChI=1S/C19H17N3O2/c1-2-19-16(14-20-21(19)17-6-4-3-5-7-17)11-8-15-9-12-18(13-10-15)22(23)24/h3-14H,2H2,1H3/b11-8+. The lowest BCUT2D eigenvalue weighted by Gasteiger charge is -2.06. The molecule has 5 heteroatoms. The molecule has 0 N–H and O–H groups in total. The number of nitrogens with zero attached hydrogens (tertiary/aromatic N) is 3. The molecule has 120 valence electrons. The van der Waals surface area contributed by atoms with E-state index in [9.17, 15) is 10.1 Å². The van der Waals surface area contributed by atoms with Gasteiger partial charge in [-0.05, 0) is 36.2 Å². The Morgan fingerprint density at radius 2 is 1.79 bits per heavy atom. The van der Waals surface area contributed by atoms with Crippen LogP contribution in [0.5, 0.6) is 0 Å². The van der Waals surface area contributed by atoms with Gasteiger partial charge in [-0.3, -0.25) is 10.1 Å². The molecule has 0 aliphatic carbocycles. The highest BCUT2D eigenvalue weighted by molar-refractivity contribution is 5.71. The fraction of sp³-hybridized carbons (Fsp3) is 0.105. The summed E-state index contributed by atoms with van der Waals surface area (Å²) < 4.78 is 1.94. The number of aromatic nitrogens is 2. The van der Waals surface area contributed by atoms with E-state index in [0.29, 0.717) is 0 Å². The third-order valence-electron chi connectivity index (χ3n) is 3.80. The van der Waals surface area contributed by atoms with Crippen LogP contribution in [-0.4, -0.2) is 14.7 Å². The number of benzene rings is 2. The Labute approximate surface area is 140 Å². The number of nitro benzene ring substituents is 1. The van der Waals surface area contributed by atoms with Crippen LogP contribution in [0.3, 0.4) is 0 Å². The van der Waals surface area contributed by atoms with Gasteiger partial charge in [0.25, 0.3) is 5.69 Å². The average molecular weight is 319 g/mol. The summed E-state index contributed by atoms with van der Waals surface area (Å²) in [6.45, 7) is 2.10. The zero-order valence-corrected chi connectivity index (χ0v) is 13.3. The van der Waals surface area contributed by atoms with Gasteiger partial charge in [-0.2, -0.15) is 5.10 Å². The van der Waals surface area contributed by atoms with Crippen molar-refractivity contribution in [2.45, 2.75) is 13.3 Å². The van der Waals surface area contributed by atoms with E-state index in [1.165, 1.54) is 12.1 Å². The summed E-state index contributed by atoms with van der Waals surface area (Å²) in [5, 5.41) is 15.2. The van der Waals surface area contributed by atoms with Gasteiger partial charge < -0.3 is 0 Å². The highest BCUT2D eigenvalue weighted by Gasteiger charge is 2.08. The molecule has 3 aromatic rings. The first-order valence-corrected chi connectivity index (χ1v) is 7.74. The summed E-state index contributed by atoms with van der Waals surface area (Å²) in [4.78, 5) is 10.3. The molecule has 0 aliphatic heterocycles. The molecule has 5 nitrogen and oxygen atoms in total. The molecule has 3 rings (SSSR count). The second-order valence-electron chi connectivity index (χ2n) is 5.33. The van der Waals surface area contributed by atoms with Crippen molar-refractivity contribution in [3.63, 3.8) is 0 Å². The van der Waals surface area contributed by atoms with E-state index >= 15 is 0 Å². The Hall–Kier alpha value is -3.21. The van der Waals surface area contributed by atoms with Crippen molar-refractivity contribution in [3.8, 4) is 5.69 Å². The van der Waals surface area contributed by atoms with Crippen molar-refractivity contribution in [3.05, 3.63) is 87.7 Å². The molecule has 0 fully saturated rings.